The van der Waals surface area contributed by atoms with Gasteiger partial charge in [0.1, 0.15) is 11.5 Å². The molecule has 0 amide bonds. The van der Waals surface area contributed by atoms with E-state index in [1.807, 2.05) is 31.2 Å². The number of nitrogens with one attached hydrogen (secondary N) is 1. The van der Waals surface area contributed by atoms with Crippen LogP contribution in [0.25, 0.3) is 0 Å². The molecule has 3 rings (SSSR count). The third-order valence-corrected chi connectivity index (χ3v) is 3.31. The van der Waals surface area contributed by atoms with Gasteiger partial charge in [-0.2, -0.15) is 0 Å². The highest BCUT2D eigenvalue weighted by Crippen LogP contribution is 2.18. The number of fused-ring (bicyclic) bond motifs is 1. The Morgan fingerprint density at radius 3 is 3.11 bits per heavy atom. The lowest BCUT2D eigenvalue weighted by Crippen LogP contribution is -2.22. The van der Waals surface area contributed by atoms with Crippen molar-refractivity contribution in [3.63, 3.8) is 0 Å². The molecule has 0 aliphatic carbocycles. The van der Waals surface area contributed by atoms with Gasteiger partial charge in [-0.15, -0.1) is 0 Å². The van der Waals surface area contributed by atoms with Crippen molar-refractivity contribution >= 4 is 0 Å². The second kappa shape index (κ2) is 5.45. The quantitative estimate of drug-likeness (QED) is 0.913. The highest BCUT2D eigenvalue weighted by molar-refractivity contribution is 5.31. The van der Waals surface area contributed by atoms with Crippen LogP contribution < -0.4 is 10.1 Å². The van der Waals surface area contributed by atoms with Gasteiger partial charge in [0.05, 0.1) is 25.3 Å². The van der Waals surface area contributed by atoms with Gasteiger partial charge in [0.25, 0.3) is 0 Å². The van der Waals surface area contributed by atoms with E-state index in [2.05, 4.69) is 10.3 Å². The summed E-state index contributed by atoms with van der Waals surface area (Å²) in [6.07, 6.45) is 1.67. The van der Waals surface area contributed by atoms with E-state index in [4.69, 9.17) is 9.15 Å². The molecule has 1 N–H and O–H groups in total. The normalized spacial score (nSPS) is 14.2. The first kappa shape index (κ1) is 12.2. The smallest absolute Gasteiger partial charge is 0.198 e. The minimum atomic E-state index is 0.595. The number of benzene rings is 1. The summed E-state index contributed by atoms with van der Waals surface area (Å²) in [5, 5.41) is 3.28. The zero-order valence-electron chi connectivity index (χ0n) is 11.1. The fourth-order valence-electron chi connectivity index (χ4n) is 2.25. The maximum atomic E-state index is 5.76. The van der Waals surface area contributed by atoms with Crippen LogP contribution in [-0.4, -0.2) is 18.1 Å². The molecular formula is C15H18N2O2. The molecule has 100 valence electrons. The first-order valence-electron chi connectivity index (χ1n) is 6.69. The van der Waals surface area contributed by atoms with Crippen molar-refractivity contribution in [1.82, 2.24) is 10.3 Å². The summed E-state index contributed by atoms with van der Waals surface area (Å²) in [6, 6.07) is 8.03. The molecule has 1 aromatic carbocycles. The Balaban J connectivity index is 1.58. The SMILES string of the molecule is Cc1ccccc1OCCc1nc2c(o1)CNCC2. The van der Waals surface area contributed by atoms with E-state index in [9.17, 15) is 0 Å². The van der Waals surface area contributed by atoms with Crippen molar-refractivity contribution in [3.05, 3.63) is 47.2 Å². The summed E-state index contributed by atoms with van der Waals surface area (Å²) in [5.41, 5.74) is 2.25. The minimum Gasteiger partial charge on any atom is -0.493 e. The molecule has 0 unspecified atom stereocenters. The molecule has 2 aromatic rings. The van der Waals surface area contributed by atoms with Crippen LogP contribution in [-0.2, 0) is 19.4 Å². The van der Waals surface area contributed by atoms with E-state index in [0.29, 0.717) is 13.0 Å². The Kier molecular flexibility index (Phi) is 3.51. The summed E-state index contributed by atoms with van der Waals surface area (Å²) >= 11 is 0. The molecule has 0 atom stereocenters. The molecule has 0 saturated carbocycles. The van der Waals surface area contributed by atoms with Gasteiger partial charge in [0.2, 0.25) is 0 Å². The van der Waals surface area contributed by atoms with Gasteiger partial charge < -0.3 is 14.5 Å². The van der Waals surface area contributed by atoms with Crippen LogP contribution in [0.2, 0.25) is 0 Å². The molecule has 0 bridgehead atoms. The lowest BCUT2D eigenvalue weighted by atomic mass is 10.2. The molecule has 0 saturated heterocycles. The maximum Gasteiger partial charge on any atom is 0.198 e. The number of hydrogen-bond acceptors (Lipinski definition) is 4. The maximum absolute atomic E-state index is 5.76. The lowest BCUT2D eigenvalue weighted by Gasteiger charge is -2.08. The van der Waals surface area contributed by atoms with Crippen LogP contribution in [0.15, 0.2) is 28.7 Å². The van der Waals surface area contributed by atoms with Gasteiger partial charge in [-0.3, -0.25) is 0 Å². The molecule has 1 aliphatic rings. The van der Waals surface area contributed by atoms with Gasteiger partial charge in [0, 0.05) is 13.0 Å². The Bertz CT molecular complexity index is 540. The van der Waals surface area contributed by atoms with E-state index < -0.39 is 0 Å². The number of ether oxygens (including phenoxy) is 1. The number of aromatic nitrogens is 1. The minimum absolute atomic E-state index is 0.595. The Morgan fingerprint density at radius 1 is 1.37 bits per heavy atom. The molecule has 19 heavy (non-hydrogen) atoms. The number of oxazole rings is 1. The number of para-hydroxylation sites is 1. The standard InChI is InChI=1S/C15H18N2O2/c1-11-4-2-3-5-13(11)18-9-7-15-17-12-6-8-16-10-14(12)19-15/h2-5,16H,6-10H2,1H3. The van der Waals surface area contributed by atoms with Crippen LogP contribution in [0.3, 0.4) is 0 Å². The number of hydrogen-bond donors (Lipinski definition) is 1. The summed E-state index contributed by atoms with van der Waals surface area (Å²) in [4.78, 5) is 4.52. The van der Waals surface area contributed by atoms with Crippen LogP contribution in [0.1, 0.15) is 22.9 Å². The van der Waals surface area contributed by atoms with Crippen LogP contribution in [0, 0.1) is 6.92 Å². The monoisotopic (exact) mass is 258 g/mol. The Labute approximate surface area is 112 Å². The molecule has 1 aromatic heterocycles. The van der Waals surface area contributed by atoms with Gasteiger partial charge in [-0.1, -0.05) is 18.2 Å². The molecule has 4 nitrogen and oxygen atoms in total. The Morgan fingerprint density at radius 2 is 2.26 bits per heavy atom. The van der Waals surface area contributed by atoms with Crippen molar-refractivity contribution in [3.8, 4) is 5.75 Å². The first-order valence-corrected chi connectivity index (χ1v) is 6.69. The lowest BCUT2D eigenvalue weighted by molar-refractivity contribution is 0.301. The fourth-order valence-corrected chi connectivity index (χ4v) is 2.25. The largest absolute Gasteiger partial charge is 0.493 e. The summed E-state index contributed by atoms with van der Waals surface area (Å²) in [5.74, 6) is 2.69. The van der Waals surface area contributed by atoms with Gasteiger partial charge >= 0.3 is 0 Å². The van der Waals surface area contributed by atoms with Crippen molar-refractivity contribution < 1.29 is 9.15 Å². The highest BCUT2D eigenvalue weighted by Gasteiger charge is 2.16. The fraction of sp³-hybridized carbons (Fsp3) is 0.400. The predicted molar refractivity (Wildman–Crippen MR) is 72.3 cm³/mol. The topological polar surface area (TPSA) is 47.3 Å². The molecule has 0 radical (unpaired) electrons. The van der Waals surface area contributed by atoms with Crippen LogP contribution >= 0.6 is 0 Å². The average molecular weight is 258 g/mol. The number of rotatable bonds is 4. The van der Waals surface area contributed by atoms with E-state index in [0.717, 1.165) is 48.2 Å². The number of aryl methyl sites for hydroxylation is 1. The third kappa shape index (κ3) is 2.79. The van der Waals surface area contributed by atoms with Crippen molar-refractivity contribution in [1.29, 1.82) is 0 Å². The summed E-state index contributed by atoms with van der Waals surface area (Å²) < 4.78 is 11.5. The Hall–Kier alpha value is -1.81. The third-order valence-electron chi connectivity index (χ3n) is 3.31. The van der Waals surface area contributed by atoms with E-state index in [-0.39, 0.29) is 0 Å². The van der Waals surface area contributed by atoms with Gasteiger partial charge in [-0.05, 0) is 18.6 Å². The summed E-state index contributed by atoms with van der Waals surface area (Å²) in [6.45, 7) is 4.42. The first-order chi connectivity index (χ1) is 9.33. The van der Waals surface area contributed by atoms with E-state index >= 15 is 0 Å². The molecule has 1 aliphatic heterocycles. The molecular weight excluding hydrogens is 240 g/mol. The van der Waals surface area contributed by atoms with Crippen molar-refractivity contribution in [2.75, 3.05) is 13.2 Å². The van der Waals surface area contributed by atoms with E-state index in [1.54, 1.807) is 0 Å². The number of nitrogens with zero attached hydrogens (tertiary/aromatic N) is 1. The second-order valence-electron chi connectivity index (χ2n) is 4.77. The second-order valence-corrected chi connectivity index (χ2v) is 4.77. The zero-order valence-corrected chi connectivity index (χ0v) is 11.1. The molecule has 2 heterocycles. The van der Waals surface area contributed by atoms with Crippen molar-refractivity contribution in [2.45, 2.75) is 26.3 Å². The van der Waals surface area contributed by atoms with Crippen LogP contribution in [0.5, 0.6) is 5.75 Å². The average Bonchev–Trinajstić information content (AvgIpc) is 2.83. The molecule has 0 fully saturated rings. The van der Waals surface area contributed by atoms with Crippen LogP contribution in [0.4, 0.5) is 0 Å². The van der Waals surface area contributed by atoms with Gasteiger partial charge in [-0.25, -0.2) is 4.98 Å². The van der Waals surface area contributed by atoms with Gasteiger partial charge in [0.15, 0.2) is 5.89 Å². The highest BCUT2D eigenvalue weighted by atomic mass is 16.5. The predicted octanol–water partition coefficient (Wildman–Crippen LogP) is 2.25. The molecule has 0 spiro atoms. The molecule has 4 heteroatoms. The van der Waals surface area contributed by atoms with Crippen molar-refractivity contribution in [2.24, 2.45) is 0 Å². The zero-order chi connectivity index (χ0) is 13.1. The van der Waals surface area contributed by atoms with E-state index in [1.165, 1.54) is 0 Å². The summed E-state index contributed by atoms with van der Waals surface area (Å²) in [7, 11) is 0.